The molecular weight excluding hydrogens is 396 g/mol. The summed E-state index contributed by atoms with van der Waals surface area (Å²) in [5, 5.41) is 11.0. The molecule has 4 rings (SSSR count). The molecule has 0 aliphatic carbocycles. The minimum Gasteiger partial charge on any atom is -0.368 e. The van der Waals surface area contributed by atoms with Gasteiger partial charge in [0.2, 0.25) is 11.8 Å². The average Bonchev–Trinajstić information content (AvgIpc) is 3.20. The van der Waals surface area contributed by atoms with Gasteiger partial charge in [0, 0.05) is 62.7 Å². The standard InChI is InChI=1S/C23H26N4O4/c1-2-17-6-3-4-9-21(17)26-16-18(14-22(26)28)23(29)25-12-10-24(11-13-25)19-7-5-8-20(15-19)27(30)31/h3-9,15,18H,2,10-14,16H2,1H3. The first-order valence-corrected chi connectivity index (χ1v) is 10.6. The van der Waals surface area contributed by atoms with Crippen LogP contribution in [-0.4, -0.2) is 54.4 Å². The van der Waals surface area contributed by atoms with E-state index in [0.29, 0.717) is 32.7 Å². The van der Waals surface area contributed by atoms with Gasteiger partial charge in [-0.2, -0.15) is 0 Å². The first-order chi connectivity index (χ1) is 15.0. The van der Waals surface area contributed by atoms with Crippen LogP contribution in [0.3, 0.4) is 0 Å². The molecule has 2 saturated heterocycles. The summed E-state index contributed by atoms with van der Waals surface area (Å²) in [7, 11) is 0. The predicted octanol–water partition coefficient (Wildman–Crippen LogP) is 2.86. The number of hydrogen-bond donors (Lipinski definition) is 0. The van der Waals surface area contributed by atoms with Crippen LogP contribution in [0.1, 0.15) is 18.9 Å². The molecule has 0 spiro atoms. The van der Waals surface area contributed by atoms with Crippen LogP contribution in [0.25, 0.3) is 0 Å². The Bertz CT molecular complexity index is 1000. The molecule has 8 heteroatoms. The fourth-order valence-electron chi connectivity index (χ4n) is 4.43. The quantitative estimate of drug-likeness (QED) is 0.546. The van der Waals surface area contributed by atoms with Crippen molar-refractivity contribution in [3.63, 3.8) is 0 Å². The summed E-state index contributed by atoms with van der Waals surface area (Å²) in [4.78, 5) is 42.0. The number of para-hydroxylation sites is 1. The summed E-state index contributed by atoms with van der Waals surface area (Å²) in [5.74, 6) is -0.320. The summed E-state index contributed by atoms with van der Waals surface area (Å²) < 4.78 is 0. The van der Waals surface area contributed by atoms with Crippen LogP contribution in [0.15, 0.2) is 48.5 Å². The number of nitrogens with zero attached hydrogens (tertiary/aromatic N) is 4. The van der Waals surface area contributed by atoms with Crippen LogP contribution in [0.4, 0.5) is 17.1 Å². The Kier molecular flexibility index (Phi) is 5.88. The van der Waals surface area contributed by atoms with Gasteiger partial charge in [-0.25, -0.2) is 0 Å². The van der Waals surface area contributed by atoms with Crippen LogP contribution >= 0.6 is 0 Å². The topological polar surface area (TPSA) is 87.0 Å². The summed E-state index contributed by atoms with van der Waals surface area (Å²) in [6.07, 6.45) is 1.07. The summed E-state index contributed by atoms with van der Waals surface area (Å²) >= 11 is 0. The molecule has 1 unspecified atom stereocenters. The molecule has 2 amide bonds. The number of amides is 2. The highest BCUT2D eigenvalue weighted by molar-refractivity contribution is 6.00. The highest BCUT2D eigenvalue weighted by Crippen LogP contribution is 2.30. The predicted molar refractivity (Wildman–Crippen MR) is 118 cm³/mol. The minimum absolute atomic E-state index is 0.00511. The SMILES string of the molecule is CCc1ccccc1N1CC(C(=O)N2CCN(c3cccc([N+](=O)[O-])c3)CC2)CC1=O. The fraction of sp³-hybridized carbons (Fsp3) is 0.391. The van der Waals surface area contributed by atoms with Crippen molar-refractivity contribution in [1.82, 2.24) is 4.90 Å². The molecule has 0 N–H and O–H groups in total. The molecule has 0 aromatic heterocycles. The van der Waals surface area contributed by atoms with Crippen molar-refractivity contribution in [2.24, 2.45) is 5.92 Å². The zero-order valence-electron chi connectivity index (χ0n) is 17.6. The maximum atomic E-state index is 13.1. The molecule has 0 radical (unpaired) electrons. The third kappa shape index (κ3) is 4.23. The number of non-ortho nitro benzene ring substituents is 1. The van der Waals surface area contributed by atoms with Crippen molar-refractivity contribution >= 4 is 28.9 Å². The number of carbonyl (C=O) groups excluding carboxylic acids is 2. The van der Waals surface area contributed by atoms with Gasteiger partial charge in [0.1, 0.15) is 0 Å². The van der Waals surface area contributed by atoms with E-state index >= 15 is 0 Å². The zero-order valence-corrected chi connectivity index (χ0v) is 17.6. The van der Waals surface area contributed by atoms with Crippen LogP contribution in [0.5, 0.6) is 0 Å². The van der Waals surface area contributed by atoms with Crippen molar-refractivity contribution in [2.75, 3.05) is 42.5 Å². The largest absolute Gasteiger partial charge is 0.368 e. The van der Waals surface area contributed by atoms with Gasteiger partial charge in [0.25, 0.3) is 5.69 Å². The molecule has 0 saturated carbocycles. The Hall–Kier alpha value is -3.42. The van der Waals surface area contributed by atoms with Crippen molar-refractivity contribution in [3.8, 4) is 0 Å². The van der Waals surface area contributed by atoms with Gasteiger partial charge in [0.15, 0.2) is 0 Å². The summed E-state index contributed by atoms with van der Waals surface area (Å²) in [6, 6.07) is 14.4. The molecule has 1 atom stereocenters. The van der Waals surface area contributed by atoms with E-state index in [0.717, 1.165) is 23.4 Å². The second kappa shape index (κ2) is 8.75. The van der Waals surface area contributed by atoms with Crippen LogP contribution in [0.2, 0.25) is 0 Å². The van der Waals surface area contributed by atoms with Gasteiger partial charge in [-0.15, -0.1) is 0 Å². The monoisotopic (exact) mass is 422 g/mol. The van der Waals surface area contributed by atoms with Gasteiger partial charge in [-0.3, -0.25) is 19.7 Å². The molecule has 2 aromatic rings. The van der Waals surface area contributed by atoms with E-state index in [1.165, 1.54) is 6.07 Å². The molecular formula is C23H26N4O4. The Morgan fingerprint density at radius 2 is 1.84 bits per heavy atom. The van der Waals surface area contributed by atoms with E-state index in [1.807, 2.05) is 35.2 Å². The molecule has 31 heavy (non-hydrogen) atoms. The Morgan fingerprint density at radius 1 is 1.10 bits per heavy atom. The minimum atomic E-state index is -0.400. The van der Waals surface area contributed by atoms with Crippen molar-refractivity contribution in [3.05, 3.63) is 64.2 Å². The number of carbonyl (C=O) groups is 2. The fourth-order valence-corrected chi connectivity index (χ4v) is 4.43. The van der Waals surface area contributed by atoms with Gasteiger partial charge in [-0.1, -0.05) is 31.2 Å². The number of aryl methyl sites for hydroxylation is 1. The number of rotatable bonds is 5. The van der Waals surface area contributed by atoms with Crippen LogP contribution in [0, 0.1) is 16.0 Å². The van der Waals surface area contributed by atoms with E-state index in [-0.39, 0.29) is 29.8 Å². The number of nitro benzene ring substituents is 1. The Morgan fingerprint density at radius 3 is 2.55 bits per heavy atom. The maximum absolute atomic E-state index is 13.1. The first-order valence-electron chi connectivity index (χ1n) is 10.6. The molecule has 8 nitrogen and oxygen atoms in total. The molecule has 162 valence electrons. The zero-order chi connectivity index (χ0) is 22.0. The van der Waals surface area contributed by atoms with Crippen molar-refractivity contribution in [1.29, 1.82) is 0 Å². The van der Waals surface area contributed by atoms with E-state index in [9.17, 15) is 19.7 Å². The molecule has 2 heterocycles. The van der Waals surface area contributed by atoms with E-state index < -0.39 is 4.92 Å². The molecule has 2 aliphatic heterocycles. The van der Waals surface area contributed by atoms with Crippen LogP contribution in [-0.2, 0) is 16.0 Å². The average molecular weight is 422 g/mol. The highest BCUT2D eigenvalue weighted by atomic mass is 16.6. The summed E-state index contributed by atoms with van der Waals surface area (Å²) in [6.45, 7) is 4.77. The Balaban J connectivity index is 1.39. The highest BCUT2D eigenvalue weighted by Gasteiger charge is 2.38. The van der Waals surface area contributed by atoms with Crippen LogP contribution < -0.4 is 9.80 Å². The lowest BCUT2D eigenvalue weighted by Gasteiger charge is -2.37. The molecule has 0 bridgehead atoms. The van der Waals surface area contributed by atoms with Crippen molar-refractivity contribution in [2.45, 2.75) is 19.8 Å². The number of nitro groups is 1. The lowest BCUT2D eigenvalue weighted by molar-refractivity contribution is -0.384. The van der Waals surface area contributed by atoms with E-state index in [2.05, 4.69) is 11.8 Å². The molecule has 2 aliphatic rings. The number of anilines is 2. The normalized spacial score (nSPS) is 19.1. The van der Waals surface area contributed by atoms with Crippen molar-refractivity contribution < 1.29 is 14.5 Å². The molecule has 2 fully saturated rings. The van der Waals surface area contributed by atoms with Gasteiger partial charge in [0.05, 0.1) is 10.8 Å². The van der Waals surface area contributed by atoms with Gasteiger partial charge in [-0.05, 0) is 24.1 Å². The molecule has 2 aromatic carbocycles. The number of benzene rings is 2. The lowest BCUT2D eigenvalue weighted by Crippen LogP contribution is -2.50. The second-order valence-electron chi connectivity index (χ2n) is 7.98. The summed E-state index contributed by atoms with van der Waals surface area (Å²) in [5.41, 5.74) is 2.86. The number of hydrogen-bond acceptors (Lipinski definition) is 5. The Labute approximate surface area is 181 Å². The smallest absolute Gasteiger partial charge is 0.271 e. The van der Waals surface area contributed by atoms with Gasteiger partial charge >= 0.3 is 0 Å². The number of piperazine rings is 1. The van der Waals surface area contributed by atoms with E-state index in [1.54, 1.807) is 17.0 Å². The van der Waals surface area contributed by atoms with E-state index in [4.69, 9.17) is 0 Å². The first kappa shape index (κ1) is 20.8. The second-order valence-corrected chi connectivity index (χ2v) is 7.98. The van der Waals surface area contributed by atoms with Gasteiger partial charge < -0.3 is 14.7 Å². The third-order valence-electron chi connectivity index (χ3n) is 6.13. The maximum Gasteiger partial charge on any atom is 0.271 e. The third-order valence-corrected chi connectivity index (χ3v) is 6.13. The lowest BCUT2D eigenvalue weighted by atomic mass is 10.1.